The van der Waals surface area contributed by atoms with Gasteiger partial charge in [-0.25, -0.2) is 24.3 Å². The van der Waals surface area contributed by atoms with Crippen LogP contribution in [-0.2, 0) is 6.54 Å². The number of aliphatic hydroxyl groups is 1. The van der Waals surface area contributed by atoms with Crippen LogP contribution in [0.5, 0.6) is 0 Å². The van der Waals surface area contributed by atoms with Gasteiger partial charge in [0.05, 0.1) is 18.3 Å². The summed E-state index contributed by atoms with van der Waals surface area (Å²) in [5, 5.41) is 14.1. The van der Waals surface area contributed by atoms with Crippen LogP contribution in [-0.4, -0.2) is 87.3 Å². The molecule has 9 nitrogen and oxygen atoms in total. The average Bonchev–Trinajstić information content (AvgIpc) is 2.86. The van der Waals surface area contributed by atoms with Gasteiger partial charge in [0.2, 0.25) is 5.95 Å². The number of pyridine rings is 2. The van der Waals surface area contributed by atoms with E-state index in [1.54, 1.807) is 19.2 Å². The maximum absolute atomic E-state index is 14.2. The van der Waals surface area contributed by atoms with Gasteiger partial charge in [-0.15, -0.1) is 0 Å². The summed E-state index contributed by atoms with van der Waals surface area (Å²) in [7, 11) is 2.16. The van der Waals surface area contributed by atoms with E-state index in [1.165, 1.54) is 5.56 Å². The molecule has 0 saturated carbocycles. The highest BCUT2D eigenvalue weighted by atomic mass is 19.1. The minimum atomic E-state index is -0.899. The topological polar surface area (TPSA) is 93.5 Å². The molecule has 5 heterocycles. The van der Waals surface area contributed by atoms with Crippen molar-refractivity contribution in [2.24, 2.45) is 0 Å². The maximum Gasteiger partial charge on any atom is 0.229 e. The third-order valence-corrected chi connectivity index (χ3v) is 6.73. The second-order valence-electron chi connectivity index (χ2n) is 9.62. The second kappa shape index (κ2) is 10.3. The van der Waals surface area contributed by atoms with E-state index in [-0.39, 0.29) is 6.54 Å². The first kappa shape index (κ1) is 23.8. The Balaban J connectivity index is 1.36. The Kier molecular flexibility index (Phi) is 7.03. The molecule has 10 heteroatoms. The zero-order valence-electron chi connectivity index (χ0n) is 20.4. The summed E-state index contributed by atoms with van der Waals surface area (Å²) in [6, 6.07) is 5.80. The van der Waals surface area contributed by atoms with E-state index in [0.717, 1.165) is 44.5 Å². The lowest BCUT2D eigenvalue weighted by Gasteiger charge is -2.32. The fourth-order valence-electron chi connectivity index (χ4n) is 4.63. The van der Waals surface area contributed by atoms with Crippen LogP contribution >= 0.6 is 0 Å². The quantitative estimate of drug-likeness (QED) is 0.552. The van der Waals surface area contributed by atoms with Crippen molar-refractivity contribution in [3.63, 3.8) is 0 Å². The number of piperazine rings is 1. The van der Waals surface area contributed by atoms with Crippen LogP contribution in [0.2, 0.25) is 0 Å². The summed E-state index contributed by atoms with van der Waals surface area (Å²) in [5.41, 5.74) is 2.32. The minimum absolute atomic E-state index is 0.272. The van der Waals surface area contributed by atoms with Crippen molar-refractivity contribution in [2.75, 3.05) is 56.5 Å². The molecular formula is C25H33FN8O. The highest BCUT2D eigenvalue weighted by Gasteiger charge is 2.24. The van der Waals surface area contributed by atoms with Gasteiger partial charge in [-0.3, -0.25) is 4.90 Å². The van der Waals surface area contributed by atoms with E-state index in [1.807, 2.05) is 17.2 Å². The van der Waals surface area contributed by atoms with Crippen molar-refractivity contribution in [2.45, 2.75) is 38.6 Å². The molecule has 3 aromatic heterocycles. The van der Waals surface area contributed by atoms with Crippen molar-refractivity contribution in [1.29, 1.82) is 0 Å². The van der Waals surface area contributed by atoms with E-state index in [2.05, 4.69) is 43.2 Å². The molecular weight excluding hydrogens is 447 g/mol. The van der Waals surface area contributed by atoms with Gasteiger partial charge in [-0.05, 0) is 44.5 Å². The normalized spacial score (nSPS) is 20.8. The van der Waals surface area contributed by atoms with E-state index in [9.17, 15) is 9.50 Å². The summed E-state index contributed by atoms with van der Waals surface area (Å²) in [4.78, 5) is 25.1. The Hall–Kier alpha value is -2.95. The predicted molar refractivity (Wildman–Crippen MR) is 135 cm³/mol. The number of alkyl halides is 1. The first-order chi connectivity index (χ1) is 16.9. The maximum atomic E-state index is 14.2. The molecule has 0 radical (unpaired) electrons. The van der Waals surface area contributed by atoms with E-state index < -0.39 is 12.3 Å². The summed E-state index contributed by atoms with van der Waals surface area (Å²) < 4.78 is 14.2. The molecule has 0 amide bonds. The Bertz CT molecular complexity index is 1150. The third kappa shape index (κ3) is 5.66. The molecule has 186 valence electrons. The number of halogens is 1. The lowest BCUT2D eigenvalue weighted by Crippen LogP contribution is -2.43. The van der Waals surface area contributed by atoms with Crippen LogP contribution in [0.1, 0.15) is 37.1 Å². The standard InChI is InChI=1S/C25H33FN8O/c1-17(35)21-12-19-14-28-25(31-23(19)24(29-21)34-7-3-4-20(26)16-34)30-22-6-5-18(13-27-22)15-33-10-8-32(2)9-11-33/h5-6,12-14,17,20,35H,3-4,7-11,15-16H2,1-2H3,(H,27,28,30,31)/t17-,20+/m1/s1. The number of nitrogens with one attached hydrogen (secondary N) is 1. The lowest BCUT2D eigenvalue weighted by atomic mass is 10.1. The largest absolute Gasteiger partial charge is 0.387 e. The Morgan fingerprint density at radius 1 is 1.11 bits per heavy atom. The van der Waals surface area contributed by atoms with Gasteiger partial charge in [0.25, 0.3) is 0 Å². The van der Waals surface area contributed by atoms with Crippen molar-refractivity contribution in [3.05, 3.63) is 41.9 Å². The summed E-state index contributed by atoms with van der Waals surface area (Å²) in [6.45, 7) is 7.84. The molecule has 2 aliphatic heterocycles. The van der Waals surface area contributed by atoms with Crippen LogP contribution in [0, 0.1) is 0 Å². The van der Waals surface area contributed by atoms with E-state index in [0.29, 0.717) is 41.8 Å². The predicted octanol–water partition coefficient (Wildman–Crippen LogP) is 2.90. The van der Waals surface area contributed by atoms with Gasteiger partial charge in [0.1, 0.15) is 17.5 Å². The van der Waals surface area contributed by atoms with Gasteiger partial charge in [0.15, 0.2) is 5.82 Å². The molecule has 0 aromatic carbocycles. The number of anilines is 3. The number of aromatic nitrogens is 4. The van der Waals surface area contributed by atoms with Crippen molar-refractivity contribution in [1.82, 2.24) is 29.7 Å². The number of likely N-dealkylation sites (N-methyl/N-ethyl adjacent to an activating group) is 1. The van der Waals surface area contributed by atoms with Crippen LogP contribution in [0.3, 0.4) is 0 Å². The molecule has 0 bridgehead atoms. The number of rotatable bonds is 6. The number of piperidine rings is 1. The van der Waals surface area contributed by atoms with Crippen LogP contribution in [0.25, 0.3) is 10.9 Å². The van der Waals surface area contributed by atoms with Crippen LogP contribution < -0.4 is 10.2 Å². The molecule has 0 spiro atoms. The Labute approximate surface area is 205 Å². The highest BCUT2D eigenvalue weighted by Crippen LogP contribution is 2.30. The first-order valence-corrected chi connectivity index (χ1v) is 12.3. The number of nitrogens with zero attached hydrogens (tertiary/aromatic N) is 7. The number of aliphatic hydroxyl groups excluding tert-OH is 1. The van der Waals surface area contributed by atoms with E-state index in [4.69, 9.17) is 4.98 Å². The fraction of sp³-hybridized carbons (Fsp3) is 0.520. The zero-order chi connectivity index (χ0) is 24.4. The van der Waals surface area contributed by atoms with Gasteiger partial charge < -0.3 is 20.2 Å². The molecule has 2 saturated heterocycles. The van der Waals surface area contributed by atoms with Crippen molar-refractivity contribution in [3.8, 4) is 0 Å². The number of hydrogen-bond donors (Lipinski definition) is 2. The molecule has 2 aliphatic rings. The van der Waals surface area contributed by atoms with Crippen molar-refractivity contribution < 1.29 is 9.50 Å². The smallest absolute Gasteiger partial charge is 0.229 e. The minimum Gasteiger partial charge on any atom is -0.387 e. The fourth-order valence-corrected chi connectivity index (χ4v) is 4.63. The molecule has 5 rings (SSSR count). The summed E-state index contributed by atoms with van der Waals surface area (Å²) >= 11 is 0. The molecule has 0 unspecified atom stereocenters. The number of fused-ring (bicyclic) bond motifs is 1. The van der Waals surface area contributed by atoms with Crippen LogP contribution in [0.4, 0.5) is 22.0 Å². The summed E-state index contributed by atoms with van der Waals surface area (Å²) in [6.07, 6.45) is 3.27. The second-order valence-corrected chi connectivity index (χ2v) is 9.62. The van der Waals surface area contributed by atoms with Gasteiger partial charge in [-0.2, -0.15) is 0 Å². The monoisotopic (exact) mass is 480 g/mol. The van der Waals surface area contributed by atoms with Crippen LogP contribution in [0.15, 0.2) is 30.6 Å². The molecule has 35 heavy (non-hydrogen) atoms. The third-order valence-electron chi connectivity index (χ3n) is 6.73. The van der Waals surface area contributed by atoms with E-state index >= 15 is 0 Å². The zero-order valence-corrected chi connectivity index (χ0v) is 20.4. The first-order valence-electron chi connectivity index (χ1n) is 12.3. The Morgan fingerprint density at radius 2 is 1.94 bits per heavy atom. The molecule has 2 fully saturated rings. The van der Waals surface area contributed by atoms with Gasteiger partial charge in [0, 0.05) is 57.0 Å². The highest BCUT2D eigenvalue weighted by molar-refractivity contribution is 5.89. The molecule has 3 aromatic rings. The number of hydrogen-bond acceptors (Lipinski definition) is 9. The molecule has 2 atom stereocenters. The Morgan fingerprint density at radius 3 is 2.66 bits per heavy atom. The van der Waals surface area contributed by atoms with Gasteiger partial charge >= 0.3 is 0 Å². The summed E-state index contributed by atoms with van der Waals surface area (Å²) in [5.74, 6) is 1.64. The van der Waals surface area contributed by atoms with Crippen molar-refractivity contribution >= 4 is 28.5 Å². The SMILES string of the molecule is C[C@@H](O)c1cc2cnc(Nc3ccc(CN4CCN(C)CC4)cn3)nc2c(N2CCC[C@H](F)C2)n1. The molecule has 2 N–H and O–H groups in total. The van der Waals surface area contributed by atoms with Gasteiger partial charge in [-0.1, -0.05) is 6.07 Å². The molecule has 0 aliphatic carbocycles. The average molecular weight is 481 g/mol. The lowest BCUT2D eigenvalue weighted by molar-refractivity contribution is 0.148.